The summed E-state index contributed by atoms with van der Waals surface area (Å²) in [6.45, 7) is -0.164. The fraction of sp³-hybridized carbons (Fsp3) is 0.0476. The van der Waals surface area contributed by atoms with E-state index in [9.17, 15) is 13.6 Å². The van der Waals surface area contributed by atoms with Crippen molar-refractivity contribution in [1.82, 2.24) is 10.1 Å². The van der Waals surface area contributed by atoms with Gasteiger partial charge in [-0.3, -0.25) is 4.79 Å². The molecule has 1 N–H and O–H groups in total. The number of halogens is 2. The second kappa shape index (κ2) is 7.97. The molecule has 2 heterocycles. The molecule has 0 amide bonds. The Morgan fingerprint density at radius 3 is 2.45 bits per heavy atom. The first kappa shape index (κ1) is 18.4. The van der Waals surface area contributed by atoms with Crippen LogP contribution in [0.5, 0.6) is 17.4 Å². The maximum Gasteiger partial charge on any atom is 0.280 e. The number of aromatic amines is 1. The Morgan fingerprint density at radius 1 is 1.00 bits per heavy atom. The number of benzene rings is 2. The molecule has 0 atom stereocenters. The molecule has 6 nitrogen and oxygen atoms in total. The third-order valence-electron chi connectivity index (χ3n) is 3.99. The van der Waals surface area contributed by atoms with Gasteiger partial charge in [0, 0.05) is 11.8 Å². The summed E-state index contributed by atoms with van der Waals surface area (Å²) < 4.78 is 44.8. The predicted octanol–water partition coefficient (Wildman–Crippen LogP) is 4.68. The van der Waals surface area contributed by atoms with E-state index in [-0.39, 0.29) is 23.8 Å². The topological polar surface area (TPSA) is 77.3 Å². The zero-order chi connectivity index (χ0) is 20.2. The van der Waals surface area contributed by atoms with Gasteiger partial charge in [0.15, 0.2) is 23.1 Å². The maximum atomic E-state index is 14.4. The van der Waals surface area contributed by atoms with Crippen molar-refractivity contribution in [2.24, 2.45) is 0 Å². The van der Waals surface area contributed by atoms with E-state index < -0.39 is 22.9 Å². The Bertz CT molecular complexity index is 1170. The van der Waals surface area contributed by atoms with Crippen molar-refractivity contribution in [3.8, 4) is 28.7 Å². The number of rotatable bonds is 6. The Kier molecular flexibility index (Phi) is 5.07. The third kappa shape index (κ3) is 4.16. The number of ether oxygens (including phenoxy) is 2. The number of H-pyrrole nitrogens is 1. The summed E-state index contributed by atoms with van der Waals surface area (Å²) in [6, 6.07) is 15.5. The van der Waals surface area contributed by atoms with E-state index in [0.717, 1.165) is 18.2 Å². The largest absolute Gasteiger partial charge is 0.483 e. The normalized spacial score (nSPS) is 10.7. The molecule has 0 unspecified atom stereocenters. The highest BCUT2D eigenvalue weighted by Gasteiger charge is 2.17. The van der Waals surface area contributed by atoms with Crippen LogP contribution < -0.4 is 15.0 Å². The van der Waals surface area contributed by atoms with Gasteiger partial charge in [0.25, 0.3) is 5.56 Å². The fourth-order valence-electron chi connectivity index (χ4n) is 2.64. The van der Waals surface area contributed by atoms with Crippen molar-refractivity contribution in [3.63, 3.8) is 0 Å². The Labute approximate surface area is 163 Å². The van der Waals surface area contributed by atoms with E-state index in [2.05, 4.69) is 10.1 Å². The van der Waals surface area contributed by atoms with Crippen molar-refractivity contribution in [2.75, 3.05) is 0 Å². The third-order valence-corrected chi connectivity index (χ3v) is 3.99. The lowest BCUT2D eigenvalue weighted by Gasteiger charge is -2.12. The average molecular weight is 396 g/mol. The van der Waals surface area contributed by atoms with Crippen LogP contribution in [0, 0.1) is 11.6 Å². The number of para-hydroxylation sites is 1. The van der Waals surface area contributed by atoms with Gasteiger partial charge >= 0.3 is 0 Å². The van der Waals surface area contributed by atoms with Gasteiger partial charge in [0.05, 0.1) is 11.6 Å². The van der Waals surface area contributed by atoms with Crippen molar-refractivity contribution in [2.45, 2.75) is 6.61 Å². The molecule has 0 spiro atoms. The van der Waals surface area contributed by atoms with Gasteiger partial charge < -0.3 is 14.0 Å². The molecule has 4 rings (SSSR count). The van der Waals surface area contributed by atoms with Crippen LogP contribution in [0.2, 0.25) is 0 Å². The standard InChI is InChI=1S/C21H14F2N2O4/c22-16-9-14(18-11-19(26)25-29-18)10-17(23)20(16)27-12-13-5-4-8-24-21(13)28-15-6-2-1-3-7-15/h1-11H,12H2,(H,25,26). The first-order valence-electron chi connectivity index (χ1n) is 8.57. The molecule has 2 aromatic heterocycles. The van der Waals surface area contributed by atoms with Crippen LogP contribution in [-0.4, -0.2) is 10.1 Å². The SMILES string of the molecule is O=c1cc(-c2cc(F)c(OCc3cccnc3Oc3ccccc3)c(F)c2)o[nH]1. The van der Waals surface area contributed by atoms with Crippen LogP contribution in [0.3, 0.4) is 0 Å². The maximum absolute atomic E-state index is 14.4. The molecule has 4 aromatic rings. The van der Waals surface area contributed by atoms with Crippen molar-refractivity contribution < 1.29 is 22.8 Å². The number of nitrogens with zero attached hydrogens (tertiary/aromatic N) is 1. The first-order valence-corrected chi connectivity index (χ1v) is 8.57. The van der Waals surface area contributed by atoms with E-state index in [4.69, 9.17) is 14.0 Å². The summed E-state index contributed by atoms with van der Waals surface area (Å²) in [5.41, 5.74) is 0.0692. The average Bonchev–Trinajstić information content (AvgIpc) is 3.15. The van der Waals surface area contributed by atoms with Gasteiger partial charge in [-0.2, -0.15) is 5.16 Å². The number of hydrogen-bond acceptors (Lipinski definition) is 5. The molecular formula is C21H14F2N2O4. The van der Waals surface area contributed by atoms with Gasteiger partial charge in [-0.25, -0.2) is 13.8 Å². The highest BCUT2D eigenvalue weighted by Crippen LogP contribution is 2.30. The van der Waals surface area contributed by atoms with Gasteiger partial charge in [-0.1, -0.05) is 18.2 Å². The monoisotopic (exact) mass is 396 g/mol. The molecule has 2 aromatic carbocycles. The molecular weight excluding hydrogens is 382 g/mol. The fourth-order valence-corrected chi connectivity index (χ4v) is 2.64. The van der Waals surface area contributed by atoms with E-state index in [1.807, 2.05) is 18.2 Å². The minimum Gasteiger partial charge on any atom is -0.483 e. The summed E-state index contributed by atoms with van der Waals surface area (Å²) in [5.74, 6) is -1.56. The summed E-state index contributed by atoms with van der Waals surface area (Å²) >= 11 is 0. The van der Waals surface area contributed by atoms with Gasteiger partial charge in [0.1, 0.15) is 12.4 Å². The number of aromatic nitrogens is 2. The van der Waals surface area contributed by atoms with Crippen LogP contribution in [0.25, 0.3) is 11.3 Å². The molecule has 0 saturated carbocycles. The second-order valence-corrected chi connectivity index (χ2v) is 6.02. The Balaban J connectivity index is 1.54. The van der Waals surface area contributed by atoms with Crippen LogP contribution in [0.1, 0.15) is 5.56 Å². The highest BCUT2D eigenvalue weighted by atomic mass is 19.1. The van der Waals surface area contributed by atoms with Gasteiger partial charge in [-0.15, -0.1) is 0 Å². The quantitative estimate of drug-likeness (QED) is 0.512. The molecule has 0 aliphatic carbocycles. The molecule has 0 bridgehead atoms. The summed E-state index contributed by atoms with van der Waals surface area (Å²) in [5, 5.41) is 2.07. The zero-order valence-corrected chi connectivity index (χ0v) is 14.9. The second-order valence-electron chi connectivity index (χ2n) is 6.02. The lowest BCUT2D eigenvalue weighted by Crippen LogP contribution is -2.03. The lowest BCUT2D eigenvalue weighted by molar-refractivity contribution is 0.269. The minimum absolute atomic E-state index is 0.0187. The van der Waals surface area contributed by atoms with Crippen molar-refractivity contribution in [3.05, 3.63) is 94.4 Å². The number of nitrogens with one attached hydrogen (secondary N) is 1. The van der Waals surface area contributed by atoms with Crippen LogP contribution in [0.4, 0.5) is 8.78 Å². The molecule has 29 heavy (non-hydrogen) atoms. The molecule has 0 aliphatic rings. The van der Waals surface area contributed by atoms with Crippen LogP contribution >= 0.6 is 0 Å². The molecule has 0 radical (unpaired) electrons. The predicted molar refractivity (Wildman–Crippen MR) is 99.8 cm³/mol. The summed E-state index contributed by atoms with van der Waals surface area (Å²) in [4.78, 5) is 15.3. The van der Waals surface area contributed by atoms with Gasteiger partial charge in [0.2, 0.25) is 5.88 Å². The minimum atomic E-state index is -0.932. The van der Waals surface area contributed by atoms with Crippen LogP contribution in [-0.2, 0) is 6.61 Å². The van der Waals surface area contributed by atoms with E-state index in [0.29, 0.717) is 11.3 Å². The molecule has 8 heteroatoms. The molecule has 0 aliphatic heterocycles. The zero-order valence-electron chi connectivity index (χ0n) is 14.9. The first-order chi connectivity index (χ1) is 14.1. The van der Waals surface area contributed by atoms with Crippen molar-refractivity contribution in [1.29, 1.82) is 0 Å². The molecule has 0 fully saturated rings. The Hall–Kier alpha value is -3.94. The van der Waals surface area contributed by atoms with Crippen LogP contribution in [0.15, 0.2) is 76.2 Å². The summed E-state index contributed by atoms with van der Waals surface area (Å²) in [7, 11) is 0. The Morgan fingerprint density at radius 2 is 1.76 bits per heavy atom. The van der Waals surface area contributed by atoms with Crippen molar-refractivity contribution >= 4 is 0 Å². The van der Waals surface area contributed by atoms with E-state index in [1.165, 1.54) is 0 Å². The molecule has 0 saturated heterocycles. The van der Waals surface area contributed by atoms with Gasteiger partial charge in [-0.05, 0) is 36.4 Å². The van der Waals surface area contributed by atoms with E-state index in [1.54, 1.807) is 30.5 Å². The number of hydrogen-bond donors (Lipinski definition) is 1. The van der Waals surface area contributed by atoms with E-state index >= 15 is 0 Å². The smallest absolute Gasteiger partial charge is 0.280 e. The highest BCUT2D eigenvalue weighted by molar-refractivity contribution is 5.58. The lowest BCUT2D eigenvalue weighted by atomic mass is 10.1. The molecule has 146 valence electrons. The summed E-state index contributed by atoms with van der Waals surface area (Å²) in [6.07, 6.45) is 1.54. The number of pyridine rings is 1.